The fourth-order valence-corrected chi connectivity index (χ4v) is 2.94. The van der Waals surface area contributed by atoms with Crippen LogP contribution in [0.3, 0.4) is 0 Å². The predicted octanol–water partition coefficient (Wildman–Crippen LogP) is 1.92. The summed E-state index contributed by atoms with van der Waals surface area (Å²) in [6.07, 6.45) is 4.12. The molecule has 1 aromatic rings. The van der Waals surface area contributed by atoms with Crippen molar-refractivity contribution in [2.75, 3.05) is 39.5 Å². The van der Waals surface area contributed by atoms with E-state index in [4.69, 9.17) is 18.6 Å². The smallest absolute Gasteiger partial charge is 0.191 e. The monoisotopic (exact) mass is 465 g/mol. The van der Waals surface area contributed by atoms with Crippen molar-refractivity contribution >= 4 is 29.9 Å². The molecule has 25 heavy (non-hydrogen) atoms. The maximum absolute atomic E-state index is 6.10. The molecule has 2 saturated heterocycles. The molecule has 1 atom stereocenters. The molecule has 2 fully saturated rings. The van der Waals surface area contributed by atoms with E-state index >= 15 is 0 Å². The number of hydrogen-bond donors (Lipinski definition) is 2. The third-order valence-electron chi connectivity index (χ3n) is 4.21. The second-order valence-electron chi connectivity index (χ2n) is 6.05. The average molecular weight is 465 g/mol. The van der Waals surface area contributed by atoms with Crippen LogP contribution in [0.2, 0.25) is 0 Å². The van der Waals surface area contributed by atoms with E-state index in [1.165, 1.54) is 0 Å². The molecule has 1 spiro atoms. The fraction of sp³-hybridized carbons (Fsp3) is 0.706. The van der Waals surface area contributed by atoms with E-state index in [0.717, 1.165) is 44.1 Å². The normalized spacial score (nSPS) is 22.6. The minimum atomic E-state index is -0.441. The van der Waals surface area contributed by atoms with Crippen molar-refractivity contribution in [3.63, 3.8) is 0 Å². The topological polar surface area (TPSA) is 77.3 Å². The van der Waals surface area contributed by atoms with Gasteiger partial charge in [-0.25, -0.2) is 0 Å². The SMILES string of the molecule is CCNC(=NCC1COC2(CCOCC2)O1)NCCc1ccco1.I. The van der Waals surface area contributed by atoms with E-state index in [0.29, 0.717) is 26.4 Å². The Morgan fingerprint density at radius 2 is 2.16 bits per heavy atom. The van der Waals surface area contributed by atoms with Gasteiger partial charge in [-0.15, -0.1) is 24.0 Å². The Morgan fingerprint density at radius 1 is 1.32 bits per heavy atom. The third kappa shape index (κ3) is 6.12. The van der Waals surface area contributed by atoms with E-state index in [1.54, 1.807) is 6.26 Å². The lowest BCUT2D eigenvalue weighted by molar-refractivity contribution is -0.210. The highest BCUT2D eigenvalue weighted by Gasteiger charge is 2.42. The first-order valence-electron chi connectivity index (χ1n) is 8.74. The molecule has 0 radical (unpaired) electrons. The molecule has 0 amide bonds. The van der Waals surface area contributed by atoms with Gasteiger partial charge in [0.25, 0.3) is 0 Å². The molecule has 1 unspecified atom stereocenters. The van der Waals surface area contributed by atoms with Gasteiger partial charge in [-0.1, -0.05) is 0 Å². The lowest BCUT2D eigenvalue weighted by Gasteiger charge is -2.31. The van der Waals surface area contributed by atoms with Gasteiger partial charge in [0.15, 0.2) is 11.7 Å². The van der Waals surface area contributed by atoms with Crippen molar-refractivity contribution < 1.29 is 18.6 Å². The number of nitrogens with one attached hydrogen (secondary N) is 2. The first-order chi connectivity index (χ1) is 11.8. The van der Waals surface area contributed by atoms with Gasteiger partial charge in [0, 0.05) is 32.4 Å². The van der Waals surface area contributed by atoms with Crippen molar-refractivity contribution in [3.8, 4) is 0 Å². The van der Waals surface area contributed by atoms with Crippen molar-refractivity contribution in [2.45, 2.75) is 38.1 Å². The summed E-state index contributed by atoms with van der Waals surface area (Å²) < 4.78 is 22.7. The summed E-state index contributed by atoms with van der Waals surface area (Å²) in [5.74, 6) is 1.32. The maximum Gasteiger partial charge on any atom is 0.191 e. The van der Waals surface area contributed by atoms with Crippen molar-refractivity contribution in [1.29, 1.82) is 0 Å². The lowest BCUT2D eigenvalue weighted by atomic mass is 10.1. The Kier molecular flexibility index (Phi) is 8.47. The molecule has 2 N–H and O–H groups in total. The number of halogens is 1. The van der Waals surface area contributed by atoms with E-state index in [-0.39, 0.29) is 30.1 Å². The Labute approximate surface area is 165 Å². The molecule has 1 aromatic heterocycles. The minimum Gasteiger partial charge on any atom is -0.469 e. The minimum absolute atomic E-state index is 0. The van der Waals surface area contributed by atoms with Crippen molar-refractivity contribution in [1.82, 2.24) is 10.6 Å². The van der Waals surface area contributed by atoms with Gasteiger partial charge in [0.1, 0.15) is 11.9 Å². The average Bonchev–Trinajstić information content (AvgIpc) is 3.24. The highest BCUT2D eigenvalue weighted by atomic mass is 127. The fourth-order valence-electron chi connectivity index (χ4n) is 2.94. The second kappa shape index (κ2) is 10.3. The van der Waals surface area contributed by atoms with Crippen LogP contribution in [-0.4, -0.2) is 57.3 Å². The molecule has 2 aliphatic heterocycles. The number of furan rings is 1. The maximum atomic E-state index is 6.10. The van der Waals surface area contributed by atoms with Crippen LogP contribution in [0.25, 0.3) is 0 Å². The highest BCUT2D eigenvalue weighted by molar-refractivity contribution is 14.0. The Bertz CT molecular complexity index is 518. The van der Waals surface area contributed by atoms with Crippen LogP contribution in [0.5, 0.6) is 0 Å². The number of hydrogen-bond acceptors (Lipinski definition) is 5. The molecule has 0 saturated carbocycles. The van der Waals surface area contributed by atoms with Gasteiger partial charge in [-0.3, -0.25) is 4.99 Å². The molecule has 3 heterocycles. The number of guanidine groups is 1. The van der Waals surface area contributed by atoms with E-state index in [2.05, 4.69) is 22.5 Å². The zero-order valence-electron chi connectivity index (χ0n) is 14.7. The lowest BCUT2D eigenvalue weighted by Crippen LogP contribution is -2.39. The number of rotatable bonds is 6. The first kappa shape index (κ1) is 20.5. The molecule has 0 aliphatic carbocycles. The van der Waals surface area contributed by atoms with Gasteiger partial charge in [0.05, 0.1) is 32.6 Å². The van der Waals surface area contributed by atoms with Gasteiger partial charge < -0.3 is 29.3 Å². The summed E-state index contributed by atoms with van der Waals surface area (Å²) in [5.41, 5.74) is 0. The summed E-state index contributed by atoms with van der Waals surface area (Å²) in [6, 6.07) is 3.88. The van der Waals surface area contributed by atoms with E-state index in [9.17, 15) is 0 Å². The van der Waals surface area contributed by atoms with Crippen LogP contribution in [-0.2, 0) is 20.6 Å². The summed E-state index contributed by atoms with van der Waals surface area (Å²) in [4.78, 5) is 4.62. The summed E-state index contributed by atoms with van der Waals surface area (Å²) in [6.45, 7) is 6.21. The summed E-state index contributed by atoms with van der Waals surface area (Å²) >= 11 is 0. The molecule has 8 heteroatoms. The molecule has 0 aromatic carbocycles. The van der Waals surface area contributed by atoms with Gasteiger partial charge >= 0.3 is 0 Å². The van der Waals surface area contributed by atoms with Crippen LogP contribution in [0.4, 0.5) is 0 Å². The largest absolute Gasteiger partial charge is 0.469 e. The second-order valence-corrected chi connectivity index (χ2v) is 6.05. The van der Waals surface area contributed by atoms with Gasteiger partial charge in [-0.05, 0) is 19.1 Å². The van der Waals surface area contributed by atoms with Crippen LogP contribution in [0, 0.1) is 0 Å². The Morgan fingerprint density at radius 3 is 2.88 bits per heavy atom. The quantitative estimate of drug-likeness (QED) is 0.380. The summed E-state index contributed by atoms with van der Waals surface area (Å²) in [5, 5.41) is 6.57. The molecule has 2 aliphatic rings. The zero-order chi connectivity index (χ0) is 16.7. The third-order valence-corrected chi connectivity index (χ3v) is 4.21. The molecule has 7 nitrogen and oxygen atoms in total. The van der Waals surface area contributed by atoms with Crippen molar-refractivity contribution in [2.24, 2.45) is 4.99 Å². The van der Waals surface area contributed by atoms with Crippen molar-refractivity contribution in [3.05, 3.63) is 24.2 Å². The zero-order valence-corrected chi connectivity index (χ0v) is 17.0. The van der Waals surface area contributed by atoms with Gasteiger partial charge in [-0.2, -0.15) is 0 Å². The number of aliphatic imine (C=N–C) groups is 1. The van der Waals surface area contributed by atoms with Crippen LogP contribution < -0.4 is 10.6 Å². The molecule has 0 bridgehead atoms. The van der Waals surface area contributed by atoms with Crippen LogP contribution in [0.1, 0.15) is 25.5 Å². The van der Waals surface area contributed by atoms with E-state index in [1.807, 2.05) is 12.1 Å². The van der Waals surface area contributed by atoms with Crippen LogP contribution >= 0.6 is 24.0 Å². The first-order valence-corrected chi connectivity index (χ1v) is 8.74. The molecule has 3 rings (SSSR count). The number of ether oxygens (including phenoxy) is 3. The summed E-state index contributed by atoms with van der Waals surface area (Å²) in [7, 11) is 0. The Hall–Kier alpha value is -0.840. The molecule has 142 valence electrons. The predicted molar refractivity (Wildman–Crippen MR) is 105 cm³/mol. The van der Waals surface area contributed by atoms with Gasteiger partial charge in [0.2, 0.25) is 0 Å². The highest BCUT2D eigenvalue weighted by Crippen LogP contribution is 2.33. The standard InChI is InChI=1S/C17H27N3O4.HI/c1-2-18-16(19-8-5-14-4-3-9-22-14)20-12-15-13-23-17(24-15)6-10-21-11-7-17;/h3-4,9,15H,2,5-8,10-13H2,1H3,(H2,18,19,20);1H. The molecular formula is C17H28IN3O4. The Balaban J connectivity index is 0.00000225. The molecular weight excluding hydrogens is 437 g/mol. The van der Waals surface area contributed by atoms with E-state index < -0.39 is 5.79 Å². The van der Waals surface area contributed by atoms with Crippen LogP contribution in [0.15, 0.2) is 27.8 Å². The number of nitrogens with zero attached hydrogens (tertiary/aromatic N) is 1.